The number of hydrogen-bond acceptors (Lipinski definition) is 8. The lowest BCUT2D eigenvalue weighted by molar-refractivity contribution is 0.197. The first-order valence-corrected chi connectivity index (χ1v) is 9.36. The minimum Gasteiger partial charge on any atom is -0.496 e. The summed E-state index contributed by atoms with van der Waals surface area (Å²) in [5.41, 5.74) is 0.365. The van der Waals surface area contributed by atoms with Crippen LogP contribution in [0.5, 0.6) is 17.2 Å². The Hall–Kier alpha value is -2.98. The van der Waals surface area contributed by atoms with E-state index in [1.807, 2.05) is 0 Å². The fourth-order valence-corrected chi connectivity index (χ4v) is 3.87. The molecule has 1 aromatic heterocycles. The number of nitrogens with zero attached hydrogens (tertiary/aromatic N) is 1. The molecule has 1 heterocycles. The van der Waals surface area contributed by atoms with Crippen LogP contribution >= 0.6 is 0 Å². The van der Waals surface area contributed by atoms with Gasteiger partial charge < -0.3 is 23.8 Å². The zero-order chi connectivity index (χ0) is 19.4. The summed E-state index contributed by atoms with van der Waals surface area (Å²) in [7, 11) is -1.36. The van der Waals surface area contributed by atoms with Crippen LogP contribution in [0, 0.1) is 0 Å². The van der Waals surface area contributed by atoms with Gasteiger partial charge in [0.25, 0.3) is 10.0 Å². The van der Waals surface area contributed by atoms with Crippen LogP contribution in [0.25, 0.3) is 11.0 Å². The molecule has 0 radical (unpaired) electrons. The van der Waals surface area contributed by atoms with Gasteiger partial charge in [0.2, 0.25) is 0 Å². The summed E-state index contributed by atoms with van der Waals surface area (Å²) in [4.78, 5) is -0.216. The fourth-order valence-electron chi connectivity index (χ4n) is 2.57. The molecule has 0 aliphatic carbocycles. The lowest BCUT2D eigenvalue weighted by Gasteiger charge is -2.15. The Kier molecular flexibility index (Phi) is 5.38. The molecule has 0 aliphatic heterocycles. The Morgan fingerprint density at radius 2 is 1.74 bits per heavy atom. The van der Waals surface area contributed by atoms with Gasteiger partial charge in [-0.15, -0.1) is 0 Å². The van der Waals surface area contributed by atoms with Crippen molar-refractivity contribution < 1.29 is 32.3 Å². The first-order chi connectivity index (χ1) is 13.0. The molecule has 0 fully saturated rings. The minimum atomic E-state index is -4.16. The quantitative estimate of drug-likeness (QED) is 0.595. The van der Waals surface area contributed by atoms with Gasteiger partial charge >= 0.3 is 0 Å². The second-order valence-corrected chi connectivity index (χ2v) is 6.95. The number of hydrogen-bond donors (Lipinski definition) is 2. The number of aliphatic hydroxyl groups excluding tert-OH is 1. The highest BCUT2D eigenvalue weighted by Crippen LogP contribution is 2.37. The first-order valence-electron chi connectivity index (χ1n) is 7.87. The van der Waals surface area contributed by atoms with Crippen LogP contribution in [0.2, 0.25) is 0 Å². The van der Waals surface area contributed by atoms with Crippen molar-refractivity contribution in [2.24, 2.45) is 0 Å². The van der Waals surface area contributed by atoms with Crippen LogP contribution in [-0.2, 0) is 10.0 Å². The Morgan fingerprint density at radius 3 is 2.44 bits per heavy atom. The number of aliphatic hydroxyl groups is 1. The molecule has 0 atom stereocenters. The van der Waals surface area contributed by atoms with E-state index in [9.17, 15) is 8.42 Å². The summed E-state index contributed by atoms with van der Waals surface area (Å²) in [6.45, 7) is -0.342. The molecule has 0 saturated carbocycles. The van der Waals surface area contributed by atoms with Crippen LogP contribution in [0.15, 0.2) is 45.8 Å². The third kappa shape index (κ3) is 3.62. The molecule has 0 aliphatic rings. The number of benzene rings is 2. The lowest BCUT2D eigenvalue weighted by Crippen LogP contribution is -2.16. The molecule has 3 rings (SSSR count). The smallest absolute Gasteiger partial charge is 0.270 e. The van der Waals surface area contributed by atoms with Crippen LogP contribution in [0.1, 0.15) is 0 Å². The van der Waals surface area contributed by atoms with Crippen molar-refractivity contribution in [1.82, 2.24) is 5.16 Å². The highest BCUT2D eigenvalue weighted by atomic mass is 32.2. The number of rotatable bonds is 8. The van der Waals surface area contributed by atoms with E-state index in [2.05, 4.69) is 9.88 Å². The van der Waals surface area contributed by atoms with E-state index in [0.29, 0.717) is 16.7 Å². The maximum Gasteiger partial charge on any atom is 0.270 e. The summed E-state index contributed by atoms with van der Waals surface area (Å²) in [5.74, 6) is 0.498. The van der Waals surface area contributed by atoms with E-state index in [0.717, 1.165) is 0 Å². The van der Waals surface area contributed by atoms with Gasteiger partial charge in [-0.3, -0.25) is 4.72 Å². The highest BCUT2D eigenvalue weighted by molar-refractivity contribution is 7.93. The number of ether oxygens (including phenoxy) is 3. The largest absolute Gasteiger partial charge is 0.496 e. The van der Waals surface area contributed by atoms with Gasteiger partial charge in [-0.2, -0.15) is 0 Å². The van der Waals surface area contributed by atoms with Crippen LogP contribution < -0.4 is 18.9 Å². The van der Waals surface area contributed by atoms with Crippen LogP contribution in [0.3, 0.4) is 0 Å². The summed E-state index contributed by atoms with van der Waals surface area (Å²) in [6.07, 6.45) is 0. The van der Waals surface area contributed by atoms with E-state index in [1.165, 1.54) is 26.4 Å². The van der Waals surface area contributed by atoms with Crippen molar-refractivity contribution in [3.8, 4) is 17.2 Å². The predicted molar refractivity (Wildman–Crippen MR) is 96.9 cm³/mol. The zero-order valence-corrected chi connectivity index (χ0v) is 15.4. The highest BCUT2D eigenvalue weighted by Gasteiger charge is 2.27. The van der Waals surface area contributed by atoms with Crippen molar-refractivity contribution in [3.05, 3.63) is 36.4 Å². The summed E-state index contributed by atoms with van der Waals surface area (Å²) >= 11 is 0. The van der Waals surface area contributed by atoms with Crippen molar-refractivity contribution in [3.63, 3.8) is 0 Å². The lowest BCUT2D eigenvalue weighted by atomic mass is 10.2. The third-order valence-corrected chi connectivity index (χ3v) is 5.09. The number of nitrogens with one attached hydrogen (secondary N) is 1. The molecule has 0 spiro atoms. The number of aromatic nitrogens is 1. The molecule has 10 heteroatoms. The van der Waals surface area contributed by atoms with Crippen molar-refractivity contribution in [2.45, 2.75) is 4.90 Å². The van der Waals surface area contributed by atoms with Crippen molar-refractivity contribution in [1.29, 1.82) is 0 Å². The molecule has 2 N–H and O–H groups in total. The van der Waals surface area contributed by atoms with Crippen LogP contribution in [0.4, 0.5) is 5.82 Å². The molecule has 144 valence electrons. The second-order valence-electron chi connectivity index (χ2n) is 5.33. The molecule has 0 bridgehead atoms. The molecule has 0 saturated heterocycles. The molecular formula is C17H18N2O7S. The Morgan fingerprint density at radius 1 is 1.07 bits per heavy atom. The molecule has 27 heavy (non-hydrogen) atoms. The number of anilines is 1. The monoisotopic (exact) mass is 394 g/mol. The predicted octanol–water partition coefficient (Wildman–Crippen LogP) is 2.02. The van der Waals surface area contributed by atoms with Gasteiger partial charge in [0.1, 0.15) is 29.2 Å². The SMILES string of the molecule is COc1cccc(OCCO)c1S(=O)(=O)Nc1noc2cccc(OC)c12. The number of fused-ring (bicyclic) bond motifs is 1. The average molecular weight is 394 g/mol. The summed E-state index contributed by atoms with van der Waals surface area (Å²) in [6, 6.07) is 9.54. The first kappa shape index (κ1) is 18.8. The van der Waals surface area contributed by atoms with Crippen LogP contribution in [-0.4, -0.2) is 46.1 Å². The van der Waals surface area contributed by atoms with Gasteiger partial charge in [0.15, 0.2) is 16.3 Å². The van der Waals surface area contributed by atoms with Gasteiger partial charge in [0.05, 0.1) is 20.8 Å². The van der Waals surface area contributed by atoms with Gasteiger partial charge in [-0.1, -0.05) is 17.3 Å². The molecular weight excluding hydrogens is 376 g/mol. The summed E-state index contributed by atoms with van der Waals surface area (Å²) in [5, 5.41) is 13.2. The van der Waals surface area contributed by atoms with Gasteiger partial charge in [-0.05, 0) is 24.3 Å². The molecule has 2 aromatic carbocycles. The number of methoxy groups -OCH3 is 2. The molecule has 3 aromatic rings. The zero-order valence-electron chi connectivity index (χ0n) is 14.6. The number of sulfonamides is 1. The average Bonchev–Trinajstić information content (AvgIpc) is 3.08. The Balaban J connectivity index is 2.08. The maximum absolute atomic E-state index is 13.1. The fraction of sp³-hybridized carbons (Fsp3) is 0.235. The third-order valence-electron chi connectivity index (χ3n) is 3.69. The van der Waals surface area contributed by atoms with Crippen molar-refractivity contribution >= 4 is 26.8 Å². The van der Waals surface area contributed by atoms with Crippen molar-refractivity contribution in [2.75, 3.05) is 32.2 Å². The normalized spacial score (nSPS) is 11.4. The van der Waals surface area contributed by atoms with E-state index < -0.39 is 10.0 Å². The van der Waals surface area contributed by atoms with E-state index >= 15 is 0 Å². The van der Waals surface area contributed by atoms with Gasteiger partial charge in [-0.25, -0.2) is 8.42 Å². The maximum atomic E-state index is 13.1. The molecule has 0 amide bonds. The Labute approximate surface area is 155 Å². The minimum absolute atomic E-state index is 0.0264. The van der Waals surface area contributed by atoms with E-state index in [-0.39, 0.29) is 35.4 Å². The van der Waals surface area contributed by atoms with E-state index in [4.69, 9.17) is 23.8 Å². The molecule has 9 nitrogen and oxygen atoms in total. The van der Waals surface area contributed by atoms with E-state index in [1.54, 1.807) is 24.3 Å². The summed E-state index contributed by atoms with van der Waals surface area (Å²) < 4.78 is 49.4. The second kappa shape index (κ2) is 7.72. The Bertz CT molecular complexity index is 1050. The standard InChI is InChI=1S/C17H18N2O7S/c1-23-11-5-3-6-12-15(11)17(18-26-12)19-27(21,22)16-13(24-2)7-4-8-14(16)25-10-9-20/h3-8,20H,9-10H2,1-2H3,(H,18,19). The van der Waals surface area contributed by atoms with Gasteiger partial charge in [0, 0.05) is 0 Å². The molecule has 0 unspecified atom stereocenters. The topological polar surface area (TPSA) is 120 Å².